The highest BCUT2D eigenvalue weighted by Gasteiger charge is 2.41. The Morgan fingerprint density at radius 2 is 1.71 bits per heavy atom. The summed E-state index contributed by atoms with van der Waals surface area (Å²) in [5, 5.41) is 0. The van der Waals surface area contributed by atoms with Gasteiger partial charge in [-0.25, -0.2) is 9.18 Å². The molecular weight excluding hydrogens is 514 g/mol. The van der Waals surface area contributed by atoms with Crippen molar-refractivity contribution in [1.82, 2.24) is 4.90 Å². The van der Waals surface area contributed by atoms with Gasteiger partial charge < -0.3 is 4.74 Å². The lowest BCUT2D eigenvalue weighted by atomic mass is 9.95. The molecule has 3 aromatic rings. The van der Waals surface area contributed by atoms with Crippen molar-refractivity contribution in [3.05, 3.63) is 92.7 Å². The Bertz CT molecular complexity index is 1260. The second-order valence-corrected chi connectivity index (χ2v) is 9.50. The van der Waals surface area contributed by atoms with E-state index in [1.54, 1.807) is 38.1 Å². The monoisotopic (exact) mass is 535 g/mol. The molecule has 1 saturated heterocycles. The van der Waals surface area contributed by atoms with E-state index in [2.05, 4.69) is 15.9 Å². The number of carbonyl (C=O) groups excluding carboxylic acids is 1. The van der Waals surface area contributed by atoms with Crippen LogP contribution in [0, 0.1) is 19.7 Å². The van der Waals surface area contributed by atoms with Gasteiger partial charge in [-0.15, -0.1) is 0 Å². The second kappa shape index (κ2) is 9.06. The third kappa shape index (κ3) is 4.82. The van der Waals surface area contributed by atoms with E-state index in [-0.39, 0.29) is 12.1 Å². The smallest absolute Gasteiger partial charge is 0.416 e. The number of hydrogen-bond acceptors (Lipinski definition) is 2. The van der Waals surface area contributed by atoms with E-state index in [0.29, 0.717) is 26.7 Å². The fourth-order valence-corrected chi connectivity index (χ4v) is 4.66. The zero-order valence-corrected chi connectivity index (χ0v) is 20.3. The standard InChI is InChI=1S/C26H22BrF4NO2/c1-14-4-6-21(22-12-20(27)5-7-23(22)28)18(8-14)13-32-16(3)24(34-25(32)33)17-9-15(2)10-19(11-17)26(29,30)31/h4-12,16,24H,13H2,1-3H3/t16-,24-/m0/s1. The van der Waals surface area contributed by atoms with E-state index >= 15 is 0 Å². The molecule has 0 unspecified atom stereocenters. The number of amides is 1. The number of cyclic esters (lactones) is 1. The van der Waals surface area contributed by atoms with E-state index in [9.17, 15) is 22.4 Å². The van der Waals surface area contributed by atoms with Gasteiger partial charge in [0.05, 0.1) is 18.2 Å². The van der Waals surface area contributed by atoms with E-state index in [1.807, 2.05) is 19.1 Å². The lowest BCUT2D eigenvalue weighted by Crippen LogP contribution is -2.31. The maximum atomic E-state index is 14.6. The molecule has 1 aliphatic rings. The average molecular weight is 536 g/mol. The molecule has 0 N–H and O–H groups in total. The molecule has 1 heterocycles. The minimum absolute atomic E-state index is 0.122. The topological polar surface area (TPSA) is 29.5 Å². The first-order valence-electron chi connectivity index (χ1n) is 10.6. The van der Waals surface area contributed by atoms with Crippen LogP contribution in [0.1, 0.15) is 40.8 Å². The van der Waals surface area contributed by atoms with Crippen molar-refractivity contribution < 1.29 is 27.1 Å². The number of carbonyl (C=O) groups is 1. The van der Waals surface area contributed by atoms with E-state index in [0.717, 1.165) is 17.7 Å². The molecule has 0 aromatic heterocycles. The molecule has 0 radical (unpaired) electrons. The van der Waals surface area contributed by atoms with Crippen molar-refractivity contribution in [3.8, 4) is 11.1 Å². The molecule has 34 heavy (non-hydrogen) atoms. The molecule has 3 nitrogen and oxygen atoms in total. The number of ether oxygens (including phenoxy) is 1. The van der Waals surface area contributed by atoms with Crippen LogP contribution in [-0.2, 0) is 17.5 Å². The van der Waals surface area contributed by atoms with Gasteiger partial charge >= 0.3 is 12.3 Å². The normalized spacial score (nSPS) is 18.4. The maximum Gasteiger partial charge on any atom is 0.416 e. The van der Waals surface area contributed by atoms with Crippen LogP contribution in [0.4, 0.5) is 22.4 Å². The zero-order valence-electron chi connectivity index (χ0n) is 18.7. The predicted molar refractivity (Wildman–Crippen MR) is 125 cm³/mol. The van der Waals surface area contributed by atoms with Crippen LogP contribution in [-0.4, -0.2) is 17.0 Å². The van der Waals surface area contributed by atoms with Crippen LogP contribution in [0.2, 0.25) is 0 Å². The quantitative estimate of drug-likeness (QED) is 0.317. The second-order valence-electron chi connectivity index (χ2n) is 8.59. The minimum Gasteiger partial charge on any atom is -0.439 e. The Balaban J connectivity index is 1.68. The lowest BCUT2D eigenvalue weighted by molar-refractivity contribution is -0.137. The van der Waals surface area contributed by atoms with Crippen LogP contribution in [0.3, 0.4) is 0 Å². The Kier molecular flexibility index (Phi) is 6.46. The molecule has 2 atom stereocenters. The summed E-state index contributed by atoms with van der Waals surface area (Å²) in [5.74, 6) is -0.400. The van der Waals surface area contributed by atoms with Gasteiger partial charge in [-0.1, -0.05) is 51.3 Å². The van der Waals surface area contributed by atoms with Gasteiger partial charge in [-0.3, -0.25) is 4.90 Å². The first kappa shape index (κ1) is 24.3. The Morgan fingerprint density at radius 1 is 0.971 bits per heavy atom. The molecule has 1 fully saturated rings. The molecule has 1 amide bonds. The molecule has 1 aliphatic heterocycles. The van der Waals surface area contributed by atoms with Gasteiger partial charge in [0.1, 0.15) is 11.9 Å². The first-order valence-corrected chi connectivity index (χ1v) is 11.4. The largest absolute Gasteiger partial charge is 0.439 e. The Labute approximate surface area is 203 Å². The number of halogens is 5. The number of hydrogen-bond donors (Lipinski definition) is 0. The van der Waals surface area contributed by atoms with E-state index in [4.69, 9.17) is 4.74 Å². The summed E-state index contributed by atoms with van der Waals surface area (Å²) < 4.78 is 60.9. The maximum absolute atomic E-state index is 14.6. The van der Waals surface area contributed by atoms with E-state index in [1.165, 1.54) is 11.0 Å². The van der Waals surface area contributed by atoms with Gasteiger partial charge in [0.15, 0.2) is 0 Å². The highest BCUT2D eigenvalue weighted by atomic mass is 79.9. The average Bonchev–Trinajstić information content (AvgIpc) is 3.03. The van der Waals surface area contributed by atoms with Gasteiger partial charge in [0, 0.05) is 10.0 Å². The summed E-state index contributed by atoms with van der Waals surface area (Å²) >= 11 is 3.37. The first-order chi connectivity index (χ1) is 15.9. The molecule has 178 valence electrons. The van der Waals surface area contributed by atoms with Crippen molar-refractivity contribution in [1.29, 1.82) is 0 Å². The molecule has 0 saturated carbocycles. The third-order valence-electron chi connectivity index (χ3n) is 5.97. The van der Waals surface area contributed by atoms with Crippen LogP contribution < -0.4 is 0 Å². The number of alkyl halides is 3. The zero-order chi connectivity index (χ0) is 24.8. The lowest BCUT2D eigenvalue weighted by Gasteiger charge is -2.23. The van der Waals surface area contributed by atoms with Gasteiger partial charge in [-0.05, 0) is 67.8 Å². The van der Waals surface area contributed by atoms with E-state index < -0.39 is 35.8 Å². The summed E-state index contributed by atoms with van der Waals surface area (Å²) in [7, 11) is 0. The molecule has 4 rings (SSSR count). The fraction of sp³-hybridized carbons (Fsp3) is 0.269. The third-order valence-corrected chi connectivity index (χ3v) is 6.46. The Morgan fingerprint density at radius 3 is 2.41 bits per heavy atom. The summed E-state index contributed by atoms with van der Waals surface area (Å²) in [6.07, 6.45) is -5.99. The van der Waals surface area contributed by atoms with Crippen molar-refractivity contribution in [2.24, 2.45) is 0 Å². The number of rotatable bonds is 4. The van der Waals surface area contributed by atoms with Crippen molar-refractivity contribution in [3.63, 3.8) is 0 Å². The number of benzene rings is 3. The summed E-state index contributed by atoms with van der Waals surface area (Å²) in [4.78, 5) is 14.3. The molecule has 0 spiro atoms. The van der Waals surface area contributed by atoms with Gasteiger partial charge in [0.2, 0.25) is 0 Å². The van der Waals surface area contributed by atoms with Crippen molar-refractivity contribution in [2.75, 3.05) is 0 Å². The molecule has 0 bridgehead atoms. The van der Waals surface area contributed by atoms with Crippen molar-refractivity contribution >= 4 is 22.0 Å². The van der Waals surface area contributed by atoms with Crippen LogP contribution >= 0.6 is 15.9 Å². The molecular formula is C26H22BrF4NO2. The van der Waals surface area contributed by atoms with Gasteiger partial charge in [-0.2, -0.15) is 13.2 Å². The minimum atomic E-state index is -4.50. The molecule has 8 heteroatoms. The van der Waals surface area contributed by atoms with Crippen LogP contribution in [0.5, 0.6) is 0 Å². The summed E-state index contributed by atoms with van der Waals surface area (Å²) in [5.41, 5.74) is 2.59. The predicted octanol–water partition coefficient (Wildman–Crippen LogP) is 7.97. The van der Waals surface area contributed by atoms with Crippen LogP contribution in [0.15, 0.2) is 59.1 Å². The highest BCUT2D eigenvalue weighted by molar-refractivity contribution is 9.10. The fourth-order valence-electron chi connectivity index (χ4n) is 4.30. The number of nitrogens with zero attached hydrogens (tertiary/aromatic N) is 1. The molecule has 0 aliphatic carbocycles. The summed E-state index contributed by atoms with van der Waals surface area (Å²) in [6, 6.07) is 13.3. The SMILES string of the molecule is Cc1cc([C@H]2OC(=O)N(Cc3cc(C)ccc3-c3cc(Br)ccc3F)[C@H]2C)cc(C(F)(F)F)c1. The van der Waals surface area contributed by atoms with Gasteiger partial charge in [0.25, 0.3) is 0 Å². The highest BCUT2D eigenvalue weighted by Crippen LogP contribution is 2.39. The molecule has 3 aromatic carbocycles. The van der Waals surface area contributed by atoms with Crippen LogP contribution in [0.25, 0.3) is 11.1 Å². The Hall–Kier alpha value is -2.87. The number of aryl methyl sites for hydroxylation is 2. The summed E-state index contributed by atoms with van der Waals surface area (Å²) in [6.45, 7) is 5.33. The van der Waals surface area contributed by atoms with Crippen molar-refractivity contribution in [2.45, 2.75) is 45.6 Å².